The van der Waals surface area contributed by atoms with Gasteiger partial charge in [0, 0.05) is 13.2 Å². The van der Waals surface area contributed by atoms with Crippen molar-refractivity contribution in [3.05, 3.63) is 12.0 Å². The molecule has 0 fully saturated rings. The van der Waals surface area contributed by atoms with Crippen LogP contribution in [0, 0.1) is 6.92 Å². The number of nitrogens with zero attached hydrogens (tertiary/aromatic N) is 2. The lowest BCUT2D eigenvalue weighted by Gasteiger charge is -2.24. The molecule has 8 heteroatoms. The number of rotatable bonds is 6. The molecule has 1 aromatic rings. The van der Waals surface area contributed by atoms with Crippen molar-refractivity contribution in [2.45, 2.75) is 44.2 Å². The molecule has 1 aromatic heterocycles. The molecule has 1 rings (SSSR count). The first-order valence-corrected chi connectivity index (χ1v) is 7.38. The Hall–Kier alpha value is -1.41. The van der Waals surface area contributed by atoms with Crippen LogP contribution in [0.25, 0.3) is 0 Å². The average molecular weight is 289 g/mol. The van der Waals surface area contributed by atoms with E-state index in [0.29, 0.717) is 12.2 Å². The van der Waals surface area contributed by atoms with Crippen molar-refractivity contribution in [1.29, 1.82) is 0 Å². The topological polar surface area (TPSA) is 101 Å². The predicted octanol–water partition coefficient (Wildman–Crippen LogP) is 0.650. The fourth-order valence-corrected chi connectivity index (χ4v) is 3.14. The summed E-state index contributed by atoms with van der Waals surface area (Å²) >= 11 is 0. The molecule has 1 unspecified atom stereocenters. The van der Waals surface area contributed by atoms with Crippen molar-refractivity contribution >= 4 is 16.0 Å². The molecule has 7 nitrogen and oxygen atoms in total. The Morgan fingerprint density at radius 1 is 1.58 bits per heavy atom. The highest BCUT2D eigenvalue weighted by Gasteiger charge is 2.37. The van der Waals surface area contributed by atoms with Crippen LogP contribution in [0.5, 0.6) is 0 Å². The highest BCUT2D eigenvalue weighted by molar-refractivity contribution is 7.89. The van der Waals surface area contributed by atoms with E-state index in [1.54, 1.807) is 25.5 Å². The summed E-state index contributed by atoms with van der Waals surface area (Å²) in [5.74, 6) is -0.668. The standard InChI is InChI=1S/C11H19N3O4S/c1-5-6-11(3,10(15)16)13-19(17,18)9-7-14(4)8(2)12-9/h7,13H,5-6H2,1-4H3,(H,15,16). The number of aromatic nitrogens is 2. The SMILES string of the molecule is CCCC(C)(NS(=O)(=O)c1cn(C)c(C)n1)C(=O)O. The van der Waals surface area contributed by atoms with Crippen molar-refractivity contribution in [3.63, 3.8) is 0 Å². The second-order valence-electron chi connectivity index (χ2n) is 4.73. The van der Waals surface area contributed by atoms with Gasteiger partial charge in [0.2, 0.25) is 0 Å². The molecule has 0 bridgehead atoms. The van der Waals surface area contributed by atoms with Crippen LogP contribution in [0.3, 0.4) is 0 Å². The largest absolute Gasteiger partial charge is 0.480 e. The number of aryl methyl sites for hydroxylation is 2. The van der Waals surface area contributed by atoms with Gasteiger partial charge in [-0.1, -0.05) is 13.3 Å². The maximum atomic E-state index is 12.1. The number of imidazole rings is 1. The molecule has 0 aliphatic heterocycles. The molecule has 2 N–H and O–H groups in total. The summed E-state index contributed by atoms with van der Waals surface area (Å²) in [5, 5.41) is 9.01. The van der Waals surface area contributed by atoms with Gasteiger partial charge in [0.15, 0.2) is 5.03 Å². The highest BCUT2D eigenvalue weighted by atomic mass is 32.2. The number of nitrogens with one attached hydrogen (secondary N) is 1. The van der Waals surface area contributed by atoms with Crippen LogP contribution in [0.4, 0.5) is 0 Å². The van der Waals surface area contributed by atoms with Crippen LogP contribution in [-0.2, 0) is 21.9 Å². The molecule has 0 spiro atoms. The van der Waals surface area contributed by atoms with E-state index in [0.717, 1.165) is 0 Å². The van der Waals surface area contributed by atoms with Gasteiger partial charge >= 0.3 is 5.97 Å². The van der Waals surface area contributed by atoms with Gasteiger partial charge in [0.05, 0.1) is 0 Å². The van der Waals surface area contributed by atoms with Gasteiger partial charge in [0.1, 0.15) is 11.4 Å². The number of sulfonamides is 1. The van der Waals surface area contributed by atoms with E-state index in [1.807, 2.05) is 0 Å². The minimum Gasteiger partial charge on any atom is -0.480 e. The van der Waals surface area contributed by atoms with E-state index < -0.39 is 21.5 Å². The zero-order valence-electron chi connectivity index (χ0n) is 11.5. The molecule has 0 aliphatic rings. The van der Waals surface area contributed by atoms with Crippen molar-refractivity contribution in [1.82, 2.24) is 14.3 Å². The summed E-state index contributed by atoms with van der Waals surface area (Å²) in [6, 6.07) is 0. The lowest BCUT2D eigenvalue weighted by Crippen LogP contribution is -2.52. The first-order valence-electron chi connectivity index (χ1n) is 5.89. The summed E-state index contributed by atoms with van der Waals surface area (Å²) in [7, 11) is -2.28. The van der Waals surface area contributed by atoms with Crippen LogP contribution in [0.1, 0.15) is 32.5 Å². The van der Waals surface area contributed by atoms with Gasteiger partial charge in [-0.15, -0.1) is 0 Å². The van der Waals surface area contributed by atoms with Crippen molar-refractivity contribution in [2.24, 2.45) is 7.05 Å². The molecule has 0 radical (unpaired) electrons. The normalized spacial score (nSPS) is 15.2. The maximum absolute atomic E-state index is 12.1. The van der Waals surface area contributed by atoms with E-state index in [-0.39, 0.29) is 11.4 Å². The predicted molar refractivity (Wildman–Crippen MR) is 69.2 cm³/mol. The van der Waals surface area contributed by atoms with Crippen molar-refractivity contribution < 1.29 is 18.3 Å². The van der Waals surface area contributed by atoms with Crippen LogP contribution in [0.2, 0.25) is 0 Å². The Bertz CT molecular complexity index is 559. The van der Waals surface area contributed by atoms with E-state index in [9.17, 15) is 18.3 Å². The van der Waals surface area contributed by atoms with E-state index in [4.69, 9.17) is 0 Å². The molecule has 0 saturated heterocycles. The van der Waals surface area contributed by atoms with Crippen LogP contribution >= 0.6 is 0 Å². The molecule has 108 valence electrons. The first kappa shape index (κ1) is 15.6. The molecule has 0 amide bonds. The molecule has 1 heterocycles. The number of aliphatic carboxylic acids is 1. The van der Waals surface area contributed by atoms with Gasteiger partial charge in [-0.3, -0.25) is 4.79 Å². The summed E-state index contributed by atoms with van der Waals surface area (Å²) in [6.45, 7) is 4.81. The number of carboxylic acid groups (broad SMARTS) is 1. The molecule has 0 saturated carbocycles. The highest BCUT2D eigenvalue weighted by Crippen LogP contribution is 2.17. The molecule has 19 heavy (non-hydrogen) atoms. The minimum absolute atomic E-state index is 0.170. The quantitative estimate of drug-likeness (QED) is 0.800. The summed E-state index contributed by atoms with van der Waals surface area (Å²) in [4.78, 5) is 15.1. The Morgan fingerprint density at radius 3 is 2.53 bits per heavy atom. The van der Waals surface area contributed by atoms with E-state index in [1.165, 1.54) is 13.1 Å². The van der Waals surface area contributed by atoms with Gasteiger partial charge in [-0.05, 0) is 20.3 Å². The molecular weight excluding hydrogens is 270 g/mol. The zero-order valence-corrected chi connectivity index (χ0v) is 12.3. The molecule has 0 aliphatic carbocycles. The monoisotopic (exact) mass is 289 g/mol. The third kappa shape index (κ3) is 3.32. The second-order valence-corrected chi connectivity index (χ2v) is 6.36. The van der Waals surface area contributed by atoms with Crippen LogP contribution in [0.15, 0.2) is 11.2 Å². The summed E-state index contributed by atoms with van der Waals surface area (Å²) in [5.41, 5.74) is -1.53. The van der Waals surface area contributed by atoms with Crippen LogP contribution < -0.4 is 4.72 Å². The third-order valence-electron chi connectivity index (χ3n) is 2.94. The Morgan fingerprint density at radius 2 is 2.16 bits per heavy atom. The smallest absolute Gasteiger partial charge is 0.324 e. The summed E-state index contributed by atoms with van der Waals surface area (Å²) in [6.07, 6.45) is 2.10. The zero-order chi connectivity index (χ0) is 14.8. The second kappa shape index (κ2) is 5.30. The van der Waals surface area contributed by atoms with Crippen molar-refractivity contribution in [2.75, 3.05) is 0 Å². The molecule has 0 aromatic carbocycles. The fraction of sp³-hybridized carbons (Fsp3) is 0.636. The van der Waals surface area contributed by atoms with Gasteiger partial charge in [0.25, 0.3) is 10.0 Å². The lowest BCUT2D eigenvalue weighted by atomic mass is 9.98. The lowest BCUT2D eigenvalue weighted by molar-refractivity contribution is -0.143. The number of carboxylic acids is 1. The maximum Gasteiger partial charge on any atom is 0.324 e. The fourth-order valence-electron chi connectivity index (χ4n) is 1.71. The Balaban J connectivity index is 3.11. The molecule has 1 atom stereocenters. The number of carbonyl (C=O) groups is 1. The van der Waals surface area contributed by atoms with Crippen molar-refractivity contribution in [3.8, 4) is 0 Å². The van der Waals surface area contributed by atoms with E-state index >= 15 is 0 Å². The van der Waals surface area contributed by atoms with Gasteiger partial charge in [-0.25, -0.2) is 13.4 Å². The Kier molecular flexibility index (Phi) is 4.36. The van der Waals surface area contributed by atoms with Gasteiger partial charge in [-0.2, -0.15) is 4.72 Å². The van der Waals surface area contributed by atoms with Crippen LogP contribution in [-0.4, -0.2) is 34.6 Å². The number of hydrogen-bond acceptors (Lipinski definition) is 4. The first-order chi connectivity index (χ1) is 8.62. The summed E-state index contributed by atoms with van der Waals surface area (Å²) < 4.78 is 28.1. The minimum atomic E-state index is -3.95. The number of hydrogen-bond donors (Lipinski definition) is 2. The Labute approximate surface area is 112 Å². The molecular formula is C11H19N3O4S. The average Bonchev–Trinajstić information content (AvgIpc) is 2.59. The van der Waals surface area contributed by atoms with E-state index in [2.05, 4.69) is 9.71 Å². The van der Waals surface area contributed by atoms with Gasteiger partial charge < -0.3 is 9.67 Å². The third-order valence-corrected chi connectivity index (χ3v) is 4.41.